The molecule has 0 spiro atoms. The molecule has 0 aliphatic rings. The maximum Gasteiger partial charge on any atom is 0.191 e. The third-order valence-electron chi connectivity index (χ3n) is 3.67. The molecule has 2 rings (SSSR count). The molecule has 2 aromatic rings. The van der Waals surface area contributed by atoms with Crippen molar-refractivity contribution in [2.75, 3.05) is 26.6 Å². The first-order chi connectivity index (χ1) is 12.6. The molecule has 0 atom stereocenters. The van der Waals surface area contributed by atoms with Gasteiger partial charge in [-0.1, -0.05) is 13.0 Å². The predicted octanol–water partition coefficient (Wildman–Crippen LogP) is 3.81. The van der Waals surface area contributed by atoms with Crippen LogP contribution in [0.5, 0.6) is 17.2 Å². The number of nitrogens with zero attached hydrogens (tertiary/aromatic N) is 1. The van der Waals surface area contributed by atoms with Gasteiger partial charge in [0.25, 0.3) is 0 Å². The van der Waals surface area contributed by atoms with Gasteiger partial charge in [0.1, 0.15) is 5.75 Å². The van der Waals surface area contributed by atoms with Crippen molar-refractivity contribution in [3.05, 3.63) is 48.0 Å². The van der Waals surface area contributed by atoms with Crippen LogP contribution >= 0.6 is 12.2 Å². The number of hydrazone groups is 1. The van der Waals surface area contributed by atoms with Gasteiger partial charge in [0.2, 0.25) is 0 Å². The summed E-state index contributed by atoms with van der Waals surface area (Å²) >= 11 is 5.31. The van der Waals surface area contributed by atoms with Crippen molar-refractivity contribution in [3.8, 4) is 17.2 Å². The summed E-state index contributed by atoms with van der Waals surface area (Å²) in [6.45, 7) is 2.02. The topological polar surface area (TPSA) is 64.1 Å². The van der Waals surface area contributed by atoms with Gasteiger partial charge in [0.05, 0.1) is 27.0 Å². The van der Waals surface area contributed by atoms with Crippen molar-refractivity contribution in [2.24, 2.45) is 5.10 Å². The van der Waals surface area contributed by atoms with Crippen LogP contribution in [0.1, 0.15) is 18.9 Å². The van der Waals surface area contributed by atoms with Crippen molar-refractivity contribution >= 4 is 28.7 Å². The van der Waals surface area contributed by atoms with Gasteiger partial charge in [-0.15, -0.1) is 0 Å². The van der Waals surface area contributed by atoms with Crippen LogP contribution in [0.2, 0.25) is 0 Å². The van der Waals surface area contributed by atoms with Crippen LogP contribution < -0.4 is 25.0 Å². The van der Waals surface area contributed by atoms with Crippen LogP contribution in [0.15, 0.2) is 47.6 Å². The van der Waals surface area contributed by atoms with E-state index in [-0.39, 0.29) is 0 Å². The fourth-order valence-corrected chi connectivity index (χ4v) is 2.51. The minimum Gasteiger partial charge on any atom is -0.497 e. The second kappa shape index (κ2) is 9.62. The summed E-state index contributed by atoms with van der Waals surface area (Å²) in [4.78, 5) is 0. The summed E-state index contributed by atoms with van der Waals surface area (Å²) in [7, 11) is 4.84. The number of ether oxygens (including phenoxy) is 3. The maximum atomic E-state index is 5.35. The summed E-state index contributed by atoms with van der Waals surface area (Å²) in [5, 5.41) is 7.89. The molecule has 0 unspecified atom stereocenters. The van der Waals surface area contributed by atoms with Crippen LogP contribution in [-0.4, -0.2) is 32.2 Å². The Labute approximate surface area is 159 Å². The van der Waals surface area contributed by atoms with E-state index in [1.165, 1.54) is 0 Å². The number of hydrogen-bond donors (Lipinski definition) is 2. The van der Waals surface area contributed by atoms with Gasteiger partial charge >= 0.3 is 0 Å². The Morgan fingerprint density at radius 1 is 1.00 bits per heavy atom. The largest absolute Gasteiger partial charge is 0.497 e. The highest BCUT2D eigenvalue weighted by Crippen LogP contribution is 2.28. The number of benzene rings is 2. The Hall–Kier alpha value is -2.80. The van der Waals surface area contributed by atoms with E-state index in [0.717, 1.165) is 29.1 Å². The number of rotatable bonds is 7. The highest BCUT2D eigenvalue weighted by Gasteiger charge is 2.08. The zero-order valence-corrected chi connectivity index (χ0v) is 16.1. The summed E-state index contributed by atoms with van der Waals surface area (Å²) in [5.74, 6) is 2.08. The van der Waals surface area contributed by atoms with E-state index in [9.17, 15) is 0 Å². The molecule has 0 bridgehead atoms. The minimum absolute atomic E-state index is 0.393. The lowest BCUT2D eigenvalue weighted by Gasteiger charge is -2.12. The molecule has 6 nitrogen and oxygen atoms in total. The van der Waals surface area contributed by atoms with E-state index < -0.39 is 0 Å². The second-order valence-electron chi connectivity index (χ2n) is 5.28. The molecule has 0 aromatic heterocycles. The maximum absolute atomic E-state index is 5.35. The molecule has 0 radical (unpaired) electrons. The number of anilines is 1. The van der Waals surface area contributed by atoms with Crippen LogP contribution in [0.25, 0.3) is 0 Å². The zero-order valence-electron chi connectivity index (χ0n) is 15.3. The molecule has 0 fully saturated rings. The smallest absolute Gasteiger partial charge is 0.191 e. The number of thiocarbonyl (C=S) groups is 1. The normalized spacial score (nSPS) is 10.8. The van der Waals surface area contributed by atoms with E-state index in [1.54, 1.807) is 21.3 Å². The predicted molar refractivity (Wildman–Crippen MR) is 109 cm³/mol. The Kier molecular flexibility index (Phi) is 7.23. The van der Waals surface area contributed by atoms with Crippen LogP contribution in [0, 0.1) is 0 Å². The average Bonchev–Trinajstić information content (AvgIpc) is 2.68. The lowest BCUT2D eigenvalue weighted by atomic mass is 10.1. The number of methoxy groups -OCH3 is 3. The molecular weight excluding hydrogens is 350 g/mol. The standard InChI is InChI=1S/C19H23N3O3S/c1-5-16(13-9-10-17(24-3)18(11-13)25-4)21-22-19(26)20-14-7-6-8-15(12-14)23-2/h6-12H,5H2,1-4H3,(H2,20,22,26). The van der Waals surface area contributed by atoms with Crippen molar-refractivity contribution < 1.29 is 14.2 Å². The molecule has 2 N–H and O–H groups in total. The van der Waals surface area contributed by atoms with Gasteiger partial charge in [-0.2, -0.15) is 5.10 Å². The van der Waals surface area contributed by atoms with Gasteiger partial charge in [0, 0.05) is 17.3 Å². The molecule has 0 heterocycles. The fourth-order valence-electron chi connectivity index (χ4n) is 2.34. The average molecular weight is 373 g/mol. The lowest BCUT2D eigenvalue weighted by Crippen LogP contribution is -2.25. The molecule has 0 saturated carbocycles. The molecule has 0 aliphatic carbocycles. The monoisotopic (exact) mass is 373 g/mol. The van der Waals surface area contributed by atoms with Gasteiger partial charge in [0.15, 0.2) is 16.6 Å². The highest BCUT2D eigenvalue weighted by atomic mass is 32.1. The van der Waals surface area contributed by atoms with Gasteiger partial charge in [-0.25, -0.2) is 0 Å². The third kappa shape index (κ3) is 5.10. The third-order valence-corrected chi connectivity index (χ3v) is 3.87. The van der Waals surface area contributed by atoms with Gasteiger partial charge in [-0.05, 0) is 49.0 Å². The summed E-state index contributed by atoms with van der Waals surface area (Å²) in [6, 6.07) is 13.2. The van der Waals surface area contributed by atoms with Crippen LogP contribution in [0.3, 0.4) is 0 Å². The molecule has 0 saturated heterocycles. The van der Waals surface area contributed by atoms with Crippen molar-refractivity contribution in [3.63, 3.8) is 0 Å². The molecule has 2 aromatic carbocycles. The second-order valence-corrected chi connectivity index (χ2v) is 5.69. The Morgan fingerprint density at radius 3 is 2.42 bits per heavy atom. The van der Waals surface area contributed by atoms with Gasteiger partial charge < -0.3 is 19.5 Å². The SMILES string of the molecule is CCC(=NNC(=S)Nc1cccc(OC)c1)c1ccc(OC)c(OC)c1. The quantitative estimate of drug-likeness (QED) is 0.437. The van der Waals surface area contributed by atoms with Crippen molar-refractivity contribution in [1.82, 2.24) is 5.43 Å². The Bertz CT molecular complexity index is 793. The molecule has 7 heteroatoms. The van der Waals surface area contributed by atoms with E-state index >= 15 is 0 Å². The van der Waals surface area contributed by atoms with E-state index in [4.69, 9.17) is 26.4 Å². The Morgan fingerprint density at radius 2 is 1.77 bits per heavy atom. The van der Waals surface area contributed by atoms with Crippen LogP contribution in [0.4, 0.5) is 5.69 Å². The summed E-state index contributed by atoms with van der Waals surface area (Å²) in [5.41, 5.74) is 5.48. The molecule has 0 amide bonds. The van der Waals surface area contributed by atoms with E-state index in [0.29, 0.717) is 16.6 Å². The lowest BCUT2D eigenvalue weighted by molar-refractivity contribution is 0.355. The number of nitrogens with one attached hydrogen (secondary N) is 2. The first-order valence-corrected chi connectivity index (χ1v) is 8.52. The first kappa shape index (κ1) is 19.5. The first-order valence-electron chi connectivity index (χ1n) is 8.11. The molecular formula is C19H23N3O3S. The van der Waals surface area contributed by atoms with Crippen molar-refractivity contribution in [2.45, 2.75) is 13.3 Å². The fraction of sp³-hybridized carbons (Fsp3) is 0.263. The Balaban J connectivity index is 2.09. The molecule has 138 valence electrons. The summed E-state index contributed by atoms with van der Waals surface area (Å²) < 4.78 is 15.8. The minimum atomic E-state index is 0.393. The number of hydrogen-bond acceptors (Lipinski definition) is 5. The van der Waals surface area contributed by atoms with Gasteiger partial charge in [-0.3, -0.25) is 5.43 Å². The van der Waals surface area contributed by atoms with E-state index in [1.807, 2.05) is 49.4 Å². The molecule has 26 heavy (non-hydrogen) atoms. The molecule has 0 aliphatic heterocycles. The van der Waals surface area contributed by atoms with Crippen LogP contribution in [-0.2, 0) is 0 Å². The zero-order chi connectivity index (χ0) is 18.9. The summed E-state index contributed by atoms with van der Waals surface area (Å²) in [6.07, 6.45) is 0.726. The van der Waals surface area contributed by atoms with Crippen molar-refractivity contribution in [1.29, 1.82) is 0 Å². The highest BCUT2D eigenvalue weighted by molar-refractivity contribution is 7.80. The van der Waals surface area contributed by atoms with E-state index in [2.05, 4.69) is 15.8 Å².